The number of fused-ring (bicyclic) bond motifs is 1. The monoisotopic (exact) mass is 386 g/mol. The first-order chi connectivity index (χ1) is 9.50. The van der Waals surface area contributed by atoms with Crippen LogP contribution in [0.2, 0.25) is 0 Å². The zero-order valence-electron chi connectivity index (χ0n) is 10.3. The summed E-state index contributed by atoms with van der Waals surface area (Å²) in [5.74, 6) is -1.25. The van der Waals surface area contributed by atoms with Gasteiger partial charge in [0, 0.05) is 21.1 Å². The second-order valence-corrected chi connectivity index (χ2v) is 5.92. The van der Waals surface area contributed by atoms with Crippen LogP contribution in [0.15, 0.2) is 18.2 Å². The van der Waals surface area contributed by atoms with Crippen molar-refractivity contribution in [3.05, 3.63) is 32.9 Å². The number of hydrogen-bond donors (Lipinski definition) is 2. The first-order valence-electron chi connectivity index (χ1n) is 6.13. The summed E-state index contributed by atoms with van der Waals surface area (Å²) in [6.07, 6.45) is -0.743. The quantitative estimate of drug-likeness (QED) is 0.545. The molecule has 0 spiro atoms. The van der Waals surface area contributed by atoms with Crippen LogP contribution in [0.1, 0.15) is 35.0 Å². The van der Waals surface area contributed by atoms with Crippen molar-refractivity contribution >= 4 is 40.3 Å². The van der Waals surface area contributed by atoms with Crippen molar-refractivity contribution in [1.82, 2.24) is 10.2 Å². The maximum Gasteiger partial charge on any atom is 0.257 e. The van der Waals surface area contributed by atoms with Crippen LogP contribution in [0.25, 0.3) is 0 Å². The molecule has 2 aliphatic heterocycles. The van der Waals surface area contributed by atoms with E-state index in [1.54, 1.807) is 18.2 Å². The second-order valence-electron chi connectivity index (χ2n) is 4.75. The molecule has 2 unspecified atom stereocenters. The normalized spacial score (nSPS) is 25.7. The van der Waals surface area contributed by atoms with E-state index in [0.717, 1.165) is 8.47 Å². The molecule has 0 aliphatic carbocycles. The lowest BCUT2D eigenvalue weighted by Gasteiger charge is -2.32. The van der Waals surface area contributed by atoms with Crippen molar-refractivity contribution in [3.63, 3.8) is 0 Å². The average molecular weight is 386 g/mol. The Morgan fingerprint density at radius 3 is 2.70 bits per heavy atom. The van der Waals surface area contributed by atoms with E-state index in [-0.39, 0.29) is 24.7 Å². The number of halogens is 1. The Labute approximate surface area is 128 Å². The first kappa shape index (κ1) is 13.5. The number of imide groups is 1. The Hall–Kier alpha value is -1.48. The van der Waals surface area contributed by atoms with Gasteiger partial charge in [-0.25, -0.2) is 0 Å². The highest BCUT2D eigenvalue weighted by atomic mass is 127. The number of aliphatic hydroxyl groups excluding tert-OH is 1. The number of carbonyl (C=O) groups is 3. The van der Waals surface area contributed by atoms with Crippen molar-refractivity contribution in [3.8, 4) is 0 Å². The Balaban J connectivity index is 1.98. The lowest BCUT2D eigenvalue weighted by molar-refractivity contribution is -0.139. The molecule has 104 valence electrons. The van der Waals surface area contributed by atoms with E-state index < -0.39 is 18.2 Å². The van der Waals surface area contributed by atoms with E-state index in [1.165, 1.54) is 0 Å². The van der Waals surface area contributed by atoms with Crippen LogP contribution in [0, 0.1) is 3.57 Å². The molecular formula is C13H11IN2O4. The third-order valence-corrected chi connectivity index (χ3v) is 4.53. The van der Waals surface area contributed by atoms with Gasteiger partial charge >= 0.3 is 0 Å². The summed E-state index contributed by atoms with van der Waals surface area (Å²) in [6, 6.07) is 4.36. The highest BCUT2D eigenvalue weighted by molar-refractivity contribution is 14.1. The molecule has 2 aliphatic rings. The standard InChI is InChI=1S/C13H11IN2O4/c14-7-3-1-2-6-10(7)13(20)16(12(6)19)8-4-5-9(17)15-11(8)18/h1-3,8,13,20H,4-5H2,(H,15,17,18). The van der Waals surface area contributed by atoms with Crippen LogP contribution in [-0.2, 0) is 9.59 Å². The third-order valence-electron chi connectivity index (χ3n) is 3.59. The van der Waals surface area contributed by atoms with Gasteiger partial charge in [-0.3, -0.25) is 24.6 Å². The van der Waals surface area contributed by atoms with Crippen LogP contribution in [0.3, 0.4) is 0 Å². The fraction of sp³-hybridized carbons (Fsp3) is 0.308. The van der Waals surface area contributed by atoms with E-state index in [1.807, 2.05) is 22.6 Å². The molecule has 0 bridgehead atoms. The molecule has 20 heavy (non-hydrogen) atoms. The van der Waals surface area contributed by atoms with Crippen molar-refractivity contribution in [1.29, 1.82) is 0 Å². The maximum atomic E-state index is 12.4. The van der Waals surface area contributed by atoms with Gasteiger partial charge in [-0.15, -0.1) is 0 Å². The first-order valence-corrected chi connectivity index (χ1v) is 7.21. The minimum Gasteiger partial charge on any atom is -0.369 e. The minimum atomic E-state index is -1.14. The summed E-state index contributed by atoms with van der Waals surface area (Å²) in [5.41, 5.74) is 0.942. The van der Waals surface area contributed by atoms with Gasteiger partial charge in [-0.1, -0.05) is 6.07 Å². The largest absolute Gasteiger partial charge is 0.369 e. The van der Waals surface area contributed by atoms with Gasteiger partial charge in [0.25, 0.3) is 5.91 Å². The van der Waals surface area contributed by atoms with Crippen LogP contribution in [0.5, 0.6) is 0 Å². The number of aliphatic hydroxyl groups is 1. The smallest absolute Gasteiger partial charge is 0.257 e. The Morgan fingerprint density at radius 1 is 1.30 bits per heavy atom. The van der Waals surface area contributed by atoms with E-state index in [9.17, 15) is 19.5 Å². The zero-order valence-corrected chi connectivity index (χ0v) is 12.5. The van der Waals surface area contributed by atoms with Gasteiger partial charge in [0.05, 0.1) is 0 Å². The number of benzene rings is 1. The fourth-order valence-electron chi connectivity index (χ4n) is 2.63. The molecule has 7 heteroatoms. The molecule has 2 atom stereocenters. The molecule has 2 heterocycles. The van der Waals surface area contributed by atoms with Gasteiger partial charge in [-0.2, -0.15) is 0 Å². The molecular weight excluding hydrogens is 375 g/mol. The van der Waals surface area contributed by atoms with Crippen molar-refractivity contribution in [2.24, 2.45) is 0 Å². The lowest BCUT2D eigenvalue weighted by Crippen LogP contribution is -2.53. The number of hydrogen-bond acceptors (Lipinski definition) is 4. The predicted molar refractivity (Wildman–Crippen MR) is 76.5 cm³/mol. The Bertz CT molecular complexity index is 631. The maximum absolute atomic E-state index is 12.4. The highest BCUT2D eigenvalue weighted by Crippen LogP contribution is 2.37. The second kappa shape index (κ2) is 4.81. The number of carbonyl (C=O) groups excluding carboxylic acids is 3. The van der Waals surface area contributed by atoms with E-state index >= 15 is 0 Å². The molecule has 6 nitrogen and oxygen atoms in total. The summed E-state index contributed by atoms with van der Waals surface area (Å²) >= 11 is 2.05. The van der Waals surface area contributed by atoms with E-state index in [0.29, 0.717) is 11.1 Å². The van der Waals surface area contributed by atoms with Crippen molar-refractivity contribution in [2.75, 3.05) is 0 Å². The molecule has 0 saturated carbocycles. The predicted octanol–water partition coefficient (Wildman–Crippen LogP) is 0.543. The van der Waals surface area contributed by atoms with Gasteiger partial charge in [0.2, 0.25) is 11.8 Å². The van der Waals surface area contributed by atoms with Crippen LogP contribution >= 0.6 is 22.6 Å². The van der Waals surface area contributed by atoms with Gasteiger partial charge in [-0.05, 0) is 41.1 Å². The molecule has 1 aromatic carbocycles. The fourth-order valence-corrected chi connectivity index (χ4v) is 3.41. The van der Waals surface area contributed by atoms with E-state index in [2.05, 4.69) is 5.32 Å². The number of amides is 3. The summed E-state index contributed by atoms with van der Waals surface area (Å²) < 4.78 is 0.774. The van der Waals surface area contributed by atoms with Crippen LogP contribution in [-0.4, -0.2) is 33.8 Å². The molecule has 3 rings (SSSR count). The molecule has 0 aromatic heterocycles. The topological polar surface area (TPSA) is 86.7 Å². The number of nitrogens with zero attached hydrogens (tertiary/aromatic N) is 1. The minimum absolute atomic E-state index is 0.167. The summed E-state index contributed by atoms with van der Waals surface area (Å²) in [7, 11) is 0. The summed E-state index contributed by atoms with van der Waals surface area (Å²) in [5, 5.41) is 12.6. The highest BCUT2D eigenvalue weighted by Gasteiger charge is 2.44. The summed E-state index contributed by atoms with van der Waals surface area (Å²) in [4.78, 5) is 36.6. The van der Waals surface area contributed by atoms with Crippen LogP contribution < -0.4 is 5.32 Å². The lowest BCUT2D eigenvalue weighted by atomic mass is 10.0. The number of nitrogens with one attached hydrogen (secondary N) is 1. The average Bonchev–Trinajstić information content (AvgIpc) is 2.64. The molecule has 1 saturated heterocycles. The SMILES string of the molecule is O=C1CCC(N2C(=O)c3cccc(I)c3C2O)C(=O)N1. The molecule has 3 amide bonds. The zero-order chi connectivity index (χ0) is 14.4. The molecule has 0 radical (unpaired) electrons. The number of piperidine rings is 1. The van der Waals surface area contributed by atoms with Gasteiger partial charge < -0.3 is 5.11 Å². The Morgan fingerprint density at radius 2 is 2.05 bits per heavy atom. The number of rotatable bonds is 1. The van der Waals surface area contributed by atoms with Gasteiger partial charge in [0.15, 0.2) is 6.23 Å². The Kier molecular flexibility index (Phi) is 3.25. The summed E-state index contributed by atoms with van der Waals surface area (Å²) in [6.45, 7) is 0. The van der Waals surface area contributed by atoms with Crippen molar-refractivity contribution in [2.45, 2.75) is 25.1 Å². The third kappa shape index (κ3) is 1.92. The van der Waals surface area contributed by atoms with Gasteiger partial charge in [0.1, 0.15) is 6.04 Å². The van der Waals surface area contributed by atoms with Crippen molar-refractivity contribution < 1.29 is 19.5 Å². The molecule has 1 fully saturated rings. The molecule has 1 aromatic rings. The molecule has 2 N–H and O–H groups in total. The van der Waals surface area contributed by atoms with Crippen LogP contribution in [0.4, 0.5) is 0 Å². The van der Waals surface area contributed by atoms with E-state index in [4.69, 9.17) is 0 Å².